The van der Waals surface area contributed by atoms with Gasteiger partial charge < -0.3 is 5.32 Å². The van der Waals surface area contributed by atoms with Crippen LogP contribution in [0.2, 0.25) is 5.02 Å². The first-order valence-corrected chi connectivity index (χ1v) is 8.20. The molecular formula is C17H17ClN2S. The topological polar surface area (TPSA) is 24.9 Å². The summed E-state index contributed by atoms with van der Waals surface area (Å²) in [6.45, 7) is 4.30. The van der Waals surface area contributed by atoms with Crippen LogP contribution in [0.25, 0.3) is 10.2 Å². The Morgan fingerprint density at radius 2 is 1.86 bits per heavy atom. The molecule has 3 aromatic rings. The maximum absolute atomic E-state index is 6.06. The second-order valence-corrected chi connectivity index (χ2v) is 6.68. The Labute approximate surface area is 133 Å². The summed E-state index contributed by atoms with van der Waals surface area (Å²) in [5.74, 6) is 0. The number of fused-ring (bicyclic) bond motifs is 1. The van der Waals surface area contributed by atoms with Gasteiger partial charge in [0.05, 0.1) is 16.3 Å². The maximum Gasteiger partial charge on any atom is 0.111 e. The van der Waals surface area contributed by atoms with Gasteiger partial charge in [0.1, 0.15) is 5.01 Å². The van der Waals surface area contributed by atoms with Crippen LogP contribution < -0.4 is 5.32 Å². The molecule has 4 heteroatoms. The number of aromatic nitrogens is 1. The van der Waals surface area contributed by atoms with Crippen LogP contribution in [0.1, 0.15) is 36.5 Å². The number of nitrogens with zero attached hydrogens (tertiary/aromatic N) is 1. The molecule has 0 aliphatic carbocycles. The van der Waals surface area contributed by atoms with Crippen molar-refractivity contribution < 1.29 is 0 Å². The zero-order chi connectivity index (χ0) is 14.8. The SMILES string of the molecule is CC(N[C@H](C)c1cccc(Cl)c1)c1nc2ccccc2s1. The van der Waals surface area contributed by atoms with Crippen molar-refractivity contribution in [2.45, 2.75) is 25.9 Å². The van der Waals surface area contributed by atoms with E-state index in [-0.39, 0.29) is 12.1 Å². The normalized spacial score (nSPS) is 14.2. The van der Waals surface area contributed by atoms with Crippen molar-refractivity contribution in [3.05, 3.63) is 64.1 Å². The number of para-hydroxylation sites is 1. The maximum atomic E-state index is 6.06. The van der Waals surface area contributed by atoms with E-state index in [0.29, 0.717) is 0 Å². The van der Waals surface area contributed by atoms with Gasteiger partial charge in [0, 0.05) is 11.1 Å². The van der Waals surface area contributed by atoms with E-state index < -0.39 is 0 Å². The summed E-state index contributed by atoms with van der Waals surface area (Å²) in [6.07, 6.45) is 0. The van der Waals surface area contributed by atoms with E-state index in [0.717, 1.165) is 15.5 Å². The highest BCUT2D eigenvalue weighted by Gasteiger charge is 2.15. The molecule has 0 fully saturated rings. The van der Waals surface area contributed by atoms with Crippen molar-refractivity contribution in [1.29, 1.82) is 0 Å². The van der Waals surface area contributed by atoms with Gasteiger partial charge in [0.25, 0.3) is 0 Å². The predicted molar refractivity (Wildman–Crippen MR) is 91.0 cm³/mol. The van der Waals surface area contributed by atoms with Gasteiger partial charge >= 0.3 is 0 Å². The van der Waals surface area contributed by atoms with Crippen molar-refractivity contribution in [3.63, 3.8) is 0 Å². The Morgan fingerprint density at radius 3 is 2.62 bits per heavy atom. The fourth-order valence-electron chi connectivity index (χ4n) is 2.39. The molecule has 0 aliphatic rings. The molecule has 2 nitrogen and oxygen atoms in total. The van der Waals surface area contributed by atoms with Gasteiger partial charge in [-0.3, -0.25) is 0 Å². The summed E-state index contributed by atoms with van der Waals surface area (Å²) < 4.78 is 1.23. The van der Waals surface area contributed by atoms with Crippen molar-refractivity contribution in [2.75, 3.05) is 0 Å². The lowest BCUT2D eigenvalue weighted by Gasteiger charge is -2.19. The number of benzene rings is 2. The molecule has 0 amide bonds. The molecule has 3 rings (SSSR count). The first-order valence-electron chi connectivity index (χ1n) is 7.00. The van der Waals surface area contributed by atoms with Gasteiger partial charge in [0.2, 0.25) is 0 Å². The average Bonchev–Trinajstić information content (AvgIpc) is 2.91. The number of hydrogen-bond donors (Lipinski definition) is 1. The number of thiazole rings is 1. The summed E-state index contributed by atoms with van der Waals surface area (Å²) >= 11 is 7.80. The van der Waals surface area contributed by atoms with E-state index in [2.05, 4.69) is 43.4 Å². The first-order chi connectivity index (χ1) is 10.1. The first kappa shape index (κ1) is 14.5. The molecule has 0 saturated carbocycles. The smallest absolute Gasteiger partial charge is 0.111 e. The Bertz CT molecular complexity index is 720. The second kappa shape index (κ2) is 6.14. The van der Waals surface area contributed by atoms with E-state index in [1.165, 1.54) is 10.3 Å². The largest absolute Gasteiger partial charge is 0.302 e. The fourth-order valence-corrected chi connectivity index (χ4v) is 3.57. The van der Waals surface area contributed by atoms with Crippen LogP contribution in [0, 0.1) is 0 Å². The van der Waals surface area contributed by atoms with Gasteiger partial charge in [-0.1, -0.05) is 35.9 Å². The monoisotopic (exact) mass is 316 g/mol. The minimum Gasteiger partial charge on any atom is -0.302 e. The van der Waals surface area contributed by atoms with Crippen molar-refractivity contribution in [3.8, 4) is 0 Å². The molecule has 1 N–H and O–H groups in total. The third kappa shape index (κ3) is 3.26. The van der Waals surface area contributed by atoms with Gasteiger partial charge in [-0.05, 0) is 43.7 Å². The van der Waals surface area contributed by atoms with Gasteiger partial charge in [-0.25, -0.2) is 4.98 Å². The van der Waals surface area contributed by atoms with Crippen molar-refractivity contribution in [2.24, 2.45) is 0 Å². The molecule has 1 heterocycles. The Hall–Kier alpha value is -1.42. The zero-order valence-electron chi connectivity index (χ0n) is 12.0. The lowest BCUT2D eigenvalue weighted by Crippen LogP contribution is -2.22. The molecule has 0 bridgehead atoms. The zero-order valence-corrected chi connectivity index (χ0v) is 13.6. The van der Waals surface area contributed by atoms with E-state index >= 15 is 0 Å². The van der Waals surface area contributed by atoms with Crippen LogP contribution >= 0.6 is 22.9 Å². The molecule has 1 aromatic heterocycles. The highest BCUT2D eigenvalue weighted by Crippen LogP contribution is 2.28. The standard InChI is InChI=1S/C17H17ClN2S/c1-11(13-6-5-7-14(18)10-13)19-12(2)17-20-15-8-3-4-9-16(15)21-17/h3-12,19H,1-2H3/t11-,12?/m1/s1. The molecule has 0 saturated heterocycles. The van der Waals surface area contributed by atoms with Crippen LogP contribution in [0.15, 0.2) is 48.5 Å². The number of rotatable bonds is 4. The third-order valence-corrected chi connectivity index (χ3v) is 4.98. The molecular weight excluding hydrogens is 300 g/mol. The Balaban J connectivity index is 1.77. The summed E-state index contributed by atoms with van der Waals surface area (Å²) in [4.78, 5) is 4.71. The van der Waals surface area contributed by atoms with Gasteiger partial charge in [-0.2, -0.15) is 0 Å². The highest BCUT2D eigenvalue weighted by molar-refractivity contribution is 7.18. The predicted octanol–water partition coefficient (Wildman–Crippen LogP) is 5.36. The summed E-state index contributed by atoms with van der Waals surface area (Å²) in [6, 6.07) is 16.7. The van der Waals surface area contributed by atoms with Crippen LogP contribution in [0.3, 0.4) is 0 Å². The molecule has 2 aromatic carbocycles. The molecule has 21 heavy (non-hydrogen) atoms. The average molecular weight is 317 g/mol. The molecule has 1 unspecified atom stereocenters. The molecule has 108 valence electrons. The summed E-state index contributed by atoms with van der Waals surface area (Å²) in [5, 5.41) is 5.48. The quantitative estimate of drug-likeness (QED) is 0.700. The number of nitrogens with one attached hydrogen (secondary N) is 1. The Kier molecular flexibility index (Phi) is 4.24. The number of hydrogen-bond acceptors (Lipinski definition) is 3. The van der Waals surface area contributed by atoms with Gasteiger partial charge in [-0.15, -0.1) is 11.3 Å². The van der Waals surface area contributed by atoms with E-state index in [9.17, 15) is 0 Å². The van der Waals surface area contributed by atoms with Crippen LogP contribution in [-0.4, -0.2) is 4.98 Å². The van der Waals surface area contributed by atoms with Crippen LogP contribution in [-0.2, 0) is 0 Å². The third-order valence-electron chi connectivity index (χ3n) is 3.53. The van der Waals surface area contributed by atoms with Crippen LogP contribution in [0.5, 0.6) is 0 Å². The van der Waals surface area contributed by atoms with E-state index in [1.54, 1.807) is 11.3 Å². The highest BCUT2D eigenvalue weighted by atomic mass is 35.5. The van der Waals surface area contributed by atoms with Crippen LogP contribution in [0.4, 0.5) is 0 Å². The summed E-state index contributed by atoms with van der Waals surface area (Å²) in [5.41, 5.74) is 2.26. The minimum atomic E-state index is 0.205. The van der Waals surface area contributed by atoms with E-state index in [1.807, 2.05) is 24.3 Å². The Morgan fingerprint density at radius 1 is 1.05 bits per heavy atom. The molecule has 0 aliphatic heterocycles. The lowest BCUT2D eigenvalue weighted by molar-refractivity contribution is 0.493. The van der Waals surface area contributed by atoms with Gasteiger partial charge in [0.15, 0.2) is 0 Å². The minimum absolute atomic E-state index is 0.205. The molecule has 0 radical (unpaired) electrons. The number of halogens is 1. The second-order valence-electron chi connectivity index (χ2n) is 5.18. The van der Waals surface area contributed by atoms with Crippen molar-refractivity contribution >= 4 is 33.2 Å². The van der Waals surface area contributed by atoms with E-state index in [4.69, 9.17) is 16.6 Å². The molecule has 2 atom stereocenters. The summed E-state index contributed by atoms with van der Waals surface area (Å²) in [7, 11) is 0. The molecule has 0 spiro atoms. The fraction of sp³-hybridized carbons (Fsp3) is 0.235. The van der Waals surface area contributed by atoms with Crippen molar-refractivity contribution in [1.82, 2.24) is 10.3 Å². The lowest BCUT2D eigenvalue weighted by atomic mass is 10.1.